The van der Waals surface area contributed by atoms with E-state index in [2.05, 4.69) is 5.32 Å². The maximum atomic E-state index is 12.1. The number of piperidine rings is 1. The van der Waals surface area contributed by atoms with Crippen molar-refractivity contribution in [3.05, 3.63) is 0 Å². The van der Waals surface area contributed by atoms with Crippen molar-refractivity contribution in [1.29, 1.82) is 0 Å². The van der Waals surface area contributed by atoms with E-state index >= 15 is 0 Å². The van der Waals surface area contributed by atoms with Crippen LogP contribution in [0.25, 0.3) is 0 Å². The van der Waals surface area contributed by atoms with Gasteiger partial charge in [-0.2, -0.15) is 0 Å². The molecule has 0 radical (unpaired) electrons. The number of amides is 3. The van der Waals surface area contributed by atoms with Crippen molar-refractivity contribution in [2.75, 3.05) is 26.2 Å². The number of nitrogens with two attached hydrogens (primary N) is 1. The van der Waals surface area contributed by atoms with E-state index in [1.54, 1.807) is 0 Å². The number of nitrogens with one attached hydrogen (secondary N) is 1. The Kier molecular flexibility index (Phi) is 5.23. The third-order valence-electron chi connectivity index (χ3n) is 4.20. The van der Waals surface area contributed by atoms with E-state index in [1.165, 1.54) is 0 Å². The zero-order valence-corrected chi connectivity index (χ0v) is 12.3. The first kappa shape index (κ1) is 15.1. The molecule has 0 aliphatic carbocycles. The molecule has 6 nitrogen and oxygen atoms in total. The van der Waals surface area contributed by atoms with Crippen LogP contribution in [0.5, 0.6) is 0 Å². The first-order valence-corrected chi connectivity index (χ1v) is 7.65. The Labute approximate surface area is 120 Å². The van der Waals surface area contributed by atoms with Crippen LogP contribution in [0.2, 0.25) is 0 Å². The third kappa shape index (κ3) is 3.85. The van der Waals surface area contributed by atoms with Gasteiger partial charge in [-0.05, 0) is 32.6 Å². The molecule has 1 atom stereocenters. The van der Waals surface area contributed by atoms with E-state index in [1.807, 2.05) is 16.7 Å². The highest BCUT2D eigenvalue weighted by molar-refractivity contribution is 5.77. The second kappa shape index (κ2) is 6.92. The van der Waals surface area contributed by atoms with Crippen LogP contribution in [-0.2, 0) is 4.79 Å². The molecule has 2 aliphatic rings. The van der Waals surface area contributed by atoms with Gasteiger partial charge in [0.2, 0.25) is 5.91 Å². The van der Waals surface area contributed by atoms with Crippen molar-refractivity contribution in [1.82, 2.24) is 15.1 Å². The number of carbonyl (C=O) groups excluding carboxylic acids is 2. The SMILES string of the molecule is CC(N)CCCC(=O)N1CCC(N2CCNC2=O)CC1. The molecule has 2 heterocycles. The third-order valence-corrected chi connectivity index (χ3v) is 4.20. The quantitative estimate of drug-likeness (QED) is 0.771. The topological polar surface area (TPSA) is 78.7 Å². The van der Waals surface area contributed by atoms with Crippen LogP contribution in [-0.4, -0.2) is 60.0 Å². The highest BCUT2D eigenvalue weighted by Gasteiger charge is 2.31. The van der Waals surface area contributed by atoms with Crippen molar-refractivity contribution >= 4 is 11.9 Å². The highest BCUT2D eigenvalue weighted by atomic mass is 16.2. The molecule has 0 aromatic carbocycles. The molecule has 0 aromatic rings. The van der Waals surface area contributed by atoms with Gasteiger partial charge in [-0.1, -0.05) is 0 Å². The Hall–Kier alpha value is -1.30. The van der Waals surface area contributed by atoms with Gasteiger partial charge in [0.25, 0.3) is 0 Å². The molecule has 20 heavy (non-hydrogen) atoms. The second-order valence-corrected chi connectivity index (χ2v) is 5.91. The highest BCUT2D eigenvalue weighted by Crippen LogP contribution is 2.19. The predicted molar refractivity (Wildman–Crippen MR) is 77.2 cm³/mol. The molecule has 6 heteroatoms. The fourth-order valence-corrected chi connectivity index (χ4v) is 3.00. The largest absolute Gasteiger partial charge is 0.343 e. The first-order valence-electron chi connectivity index (χ1n) is 7.65. The maximum absolute atomic E-state index is 12.1. The van der Waals surface area contributed by atoms with Gasteiger partial charge < -0.3 is 20.9 Å². The molecule has 0 aromatic heterocycles. The van der Waals surface area contributed by atoms with Crippen molar-refractivity contribution < 1.29 is 9.59 Å². The van der Waals surface area contributed by atoms with E-state index in [0.717, 1.165) is 51.9 Å². The maximum Gasteiger partial charge on any atom is 0.317 e. The molecule has 0 saturated carbocycles. The fourth-order valence-electron chi connectivity index (χ4n) is 3.00. The molecule has 3 amide bonds. The van der Waals surface area contributed by atoms with Gasteiger partial charge in [0.15, 0.2) is 0 Å². The zero-order valence-electron chi connectivity index (χ0n) is 12.3. The predicted octanol–water partition coefficient (Wildman–Crippen LogP) is 0.520. The van der Waals surface area contributed by atoms with Crippen LogP contribution in [0.3, 0.4) is 0 Å². The molecule has 2 saturated heterocycles. The molecule has 0 bridgehead atoms. The lowest BCUT2D eigenvalue weighted by Crippen LogP contribution is -2.47. The molecule has 2 aliphatic heterocycles. The Balaban J connectivity index is 1.70. The summed E-state index contributed by atoms with van der Waals surface area (Å²) in [4.78, 5) is 27.5. The smallest absolute Gasteiger partial charge is 0.317 e. The number of urea groups is 1. The van der Waals surface area contributed by atoms with Crippen molar-refractivity contribution in [3.8, 4) is 0 Å². The number of rotatable bonds is 5. The van der Waals surface area contributed by atoms with E-state index in [0.29, 0.717) is 12.5 Å². The van der Waals surface area contributed by atoms with Crippen LogP contribution in [0.1, 0.15) is 39.0 Å². The van der Waals surface area contributed by atoms with Gasteiger partial charge in [0, 0.05) is 44.7 Å². The van der Waals surface area contributed by atoms with Gasteiger partial charge in [-0.15, -0.1) is 0 Å². The fraction of sp³-hybridized carbons (Fsp3) is 0.857. The number of hydrogen-bond donors (Lipinski definition) is 2. The molecular formula is C14H26N4O2. The number of carbonyl (C=O) groups is 2. The number of likely N-dealkylation sites (tertiary alicyclic amines) is 1. The monoisotopic (exact) mass is 282 g/mol. The van der Waals surface area contributed by atoms with E-state index in [4.69, 9.17) is 5.73 Å². The van der Waals surface area contributed by atoms with Gasteiger partial charge in [0.05, 0.1) is 0 Å². The molecule has 2 fully saturated rings. The van der Waals surface area contributed by atoms with Crippen LogP contribution >= 0.6 is 0 Å². The minimum absolute atomic E-state index is 0.0479. The lowest BCUT2D eigenvalue weighted by Gasteiger charge is -2.36. The summed E-state index contributed by atoms with van der Waals surface area (Å²) in [5.74, 6) is 0.231. The van der Waals surface area contributed by atoms with Crippen LogP contribution in [0, 0.1) is 0 Å². The van der Waals surface area contributed by atoms with E-state index in [9.17, 15) is 9.59 Å². The summed E-state index contributed by atoms with van der Waals surface area (Å²) in [5, 5.41) is 2.83. The molecule has 114 valence electrons. The summed E-state index contributed by atoms with van der Waals surface area (Å²) < 4.78 is 0. The average Bonchev–Trinajstić information content (AvgIpc) is 2.84. The van der Waals surface area contributed by atoms with Crippen LogP contribution in [0.4, 0.5) is 4.79 Å². The van der Waals surface area contributed by atoms with Crippen molar-refractivity contribution in [3.63, 3.8) is 0 Å². The summed E-state index contributed by atoms with van der Waals surface area (Å²) in [6.45, 7) is 5.05. The second-order valence-electron chi connectivity index (χ2n) is 5.91. The molecule has 3 N–H and O–H groups in total. The van der Waals surface area contributed by atoms with Crippen LogP contribution in [0.15, 0.2) is 0 Å². The van der Waals surface area contributed by atoms with E-state index < -0.39 is 0 Å². The molecule has 0 spiro atoms. The van der Waals surface area contributed by atoms with Gasteiger partial charge in [-0.3, -0.25) is 4.79 Å². The first-order chi connectivity index (χ1) is 9.58. The number of hydrogen-bond acceptors (Lipinski definition) is 3. The Morgan fingerprint density at radius 3 is 2.65 bits per heavy atom. The summed E-state index contributed by atoms with van der Waals surface area (Å²) in [6.07, 6.45) is 4.15. The van der Waals surface area contributed by atoms with Crippen LogP contribution < -0.4 is 11.1 Å². The van der Waals surface area contributed by atoms with Crippen molar-refractivity contribution in [2.24, 2.45) is 5.73 Å². The van der Waals surface area contributed by atoms with Crippen molar-refractivity contribution in [2.45, 2.75) is 51.1 Å². The zero-order chi connectivity index (χ0) is 14.5. The normalized spacial score (nSPS) is 22.0. The Bertz CT molecular complexity index is 351. The minimum Gasteiger partial charge on any atom is -0.343 e. The Morgan fingerprint density at radius 2 is 2.10 bits per heavy atom. The minimum atomic E-state index is 0.0479. The summed E-state index contributed by atoms with van der Waals surface area (Å²) in [7, 11) is 0. The summed E-state index contributed by atoms with van der Waals surface area (Å²) in [6, 6.07) is 0.513. The van der Waals surface area contributed by atoms with Gasteiger partial charge in [0.1, 0.15) is 0 Å². The Morgan fingerprint density at radius 1 is 1.40 bits per heavy atom. The van der Waals surface area contributed by atoms with Gasteiger partial charge in [-0.25, -0.2) is 4.79 Å². The molecule has 1 unspecified atom stereocenters. The average molecular weight is 282 g/mol. The lowest BCUT2D eigenvalue weighted by molar-refractivity contribution is -0.132. The van der Waals surface area contributed by atoms with Gasteiger partial charge >= 0.3 is 6.03 Å². The lowest BCUT2D eigenvalue weighted by atomic mass is 10.0. The summed E-state index contributed by atoms with van der Waals surface area (Å²) >= 11 is 0. The van der Waals surface area contributed by atoms with E-state index in [-0.39, 0.29) is 18.0 Å². The summed E-state index contributed by atoms with van der Waals surface area (Å²) in [5.41, 5.74) is 5.69. The molecule has 2 rings (SSSR count). The standard InChI is InChI=1S/C14H26N4O2/c1-11(15)3-2-4-13(19)17-8-5-12(6-9-17)18-10-7-16-14(18)20/h11-12H,2-10,15H2,1H3,(H,16,20). The number of nitrogens with zero attached hydrogens (tertiary/aromatic N) is 2. The molecular weight excluding hydrogens is 256 g/mol.